The van der Waals surface area contributed by atoms with Crippen LogP contribution in [0.2, 0.25) is 0 Å². The van der Waals surface area contributed by atoms with Crippen molar-refractivity contribution in [2.24, 2.45) is 5.41 Å². The van der Waals surface area contributed by atoms with Gasteiger partial charge in [0, 0.05) is 57.5 Å². The van der Waals surface area contributed by atoms with Crippen LogP contribution in [-0.2, 0) is 14.3 Å². The van der Waals surface area contributed by atoms with Crippen molar-refractivity contribution < 1.29 is 19.4 Å². The topological polar surface area (TPSA) is 62.2 Å². The molecule has 3 rings (SSSR count). The van der Waals surface area contributed by atoms with Crippen molar-refractivity contribution >= 4 is 5.91 Å². The average molecular weight is 369 g/mol. The number of amides is 1. The number of hydrogen-bond donors (Lipinski definition) is 1. The molecular formula is C20H36N2O4. The lowest BCUT2D eigenvalue weighted by Crippen LogP contribution is -2.63. The van der Waals surface area contributed by atoms with Crippen LogP contribution < -0.4 is 0 Å². The minimum absolute atomic E-state index is 0.0498. The fourth-order valence-electron chi connectivity index (χ4n) is 5.08. The highest BCUT2D eigenvalue weighted by atomic mass is 16.5. The van der Waals surface area contributed by atoms with Crippen molar-refractivity contribution in [3.63, 3.8) is 0 Å². The fraction of sp³-hybridized carbons (Fsp3) is 0.950. The summed E-state index contributed by atoms with van der Waals surface area (Å²) in [4.78, 5) is 17.5. The summed E-state index contributed by atoms with van der Waals surface area (Å²) in [6, 6.07) is 0.555. The van der Waals surface area contributed by atoms with Crippen LogP contribution in [0.5, 0.6) is 0 Å². The third-order valence-corrected chi connectivity index (χ3v) is 6.54. The second kappa shape index (κ2) is 8.13. The molecule has 0 bridgehead atoms. The highest BCUT2D eigenvalue weighted by Crippen LogP contribution is 2.40. The molecule has 6 nitrogen and oxygen atoms in total. The van der Waals surface area contributed by atoms with Crippen molar-refractivity contribution in [3.05, 3.63) is 0 Å². The van der Waals surface area contributed by atoms with Crippen molar-refractivity contribution in [2.45, 2.75) is 70.6 Å². The molecule has 0 aliphatic carbocycles. The monoisotopic (exact) mass is 368 g/mol. The summed E-state index contributed by atoms with van der Waals surface area (Å²) in [5.41, 5.74) is -1.000. The van der Waals surface area contributed by atoms with E-state index in [0.29, 0.717) is 19.2 Å². The average Bonchev–Trinajstić information content (AvgIpc) is 2.64. The molecule has 0 radical (unpaired) electrons. The second-order valence-electron chi connectivity index (χ2n) is 8.75. The van der Waals surface area contributed by atoms with Crippen molar-refractivity contribution in [1.82, 2.24) is 9.80 Å². The minimum Gasteiger partial charge on any atom is -0.392 e. The van der Waals surface area contributed by atoms with E-state index < -0.39 is 5.60 Å². The number of aliphatic hydroxyl groups excluding tert-OH is 1. The lowest BCUT2D eigenvalue weighted by Gasteiger charge is -2.53. The summed E-state index contributed by atoms with van der Waals surface area (Å²) < 4.78 is 11.2. The van der Waals surface area contributed by atoms with Gasteiger partial charge in [-0.05, 0) is 52.9 Å². The highest BCUT2D eigenvalue weighted by Gasteiger charge is 2.48. The molecule has 3 aliphatic heterocycles. The van der Waals surface area contributed by atoms with Gasteiger partial charge in [-0.1, -0.05) is 0 Å². The zero-order valence-electron chi connectivity index (χ0n) is 16.7. The molecule has 3 aliphatic rings. The standard InChI is InChI=1S/C20H36N2O4/c1-4-26-19(2,3)18(24)22-10-5-9-20(15-22)14-21(11-6-17(20)23)16-7-12-25-13-8-16/h16-17,23H,4-15H2,1-3H3/t17-,20-/m1/s1. The normalized spacial score (nSPS) is 32.2. The van der Waals surface area contributed by atoms with Crippen LogP contribution in [0, 0.1) is 5.41 Å². The maximum Gasteiger partial charge on any atom is 0.254 e. The van der Waals surface area contributed by atoms with Crippen LogP contribution in [0.25, 0.3) is 0 Å². The lowest BCUT2D eigenvalue weighted by molar-refractivity contribution is -0.163. The molecule has 1 spiro atoms. The van der Waals surface area contributed by atoms with E-state index in [4.69, 9.17) is 9.47 Å². The van der Waals surface area contributed by atoms with Gasteiger partial charge in [-0.2, -0.15) is 0 Å². The molecule has 3 heterocycles. The summed E-state index contributed by atoms with van der Waals surface area (Å²) in [5, 5.41) is 10.9. The van der Waals surface area contributed by atoms with Gasteiger partial charge in [0.15, 0.2) is 0 Å². The quantitative estimate of drug-likeness (QED) is 0.818. The molecular weight excluding hydrogens is 332 g/mol. The first kappa shape index (κ1) is 20.1. The molecule has 3 fully saturated rings. The third-order valence-electron chi connectivity index (χ3n) is 6.54. The molecule has 0 aromatic heterocycles. The molecule has 3 saturated heterocycles. The Hall–Kier alpha value is -0.690. The van der Waals surface area contributed by atoms with E-state index in [1.165, 1.54) is 0 Å². The number of rotatable bonds is 4. The van der Waals surface area contributed by atoms with Crippen LogP contribution >= 0.6 is 0 Å². The predicted octanol–water partition coefficient (Wildman–Crippen LogP) is 1.66. The SMILES string of the molecule is CCOC(C)(C)C(=O)N1CCC[C@]2(C1)CN(C1CCOCC1)CC[C@H]2O. The molecule has 0 aromatic rings. The van der Waals surface area contributed by atoms with Gasteiger partial charge in [0.25, 0.3) is 5.91 Å². The zero-order valence-corrected chi connectivity index (χ0v) is 16.7. The molecule has 0 aromatic carbocycles. The van der Waals surface area contributed by atoms with Crippen molar-refractivity contribution in [2.75, 3.05) is 46.0 Å². The van der Waals surface area contributed by atoms with Gasteiger partial charge < -0.3 is 19.5 Å². The van der Waals surface area contributed by atoms with Gasteiger partial charge in [0.2, 0.25) is 0 Å². The van der Waals surface area contributed by atoms with E-state index in [2.05, 4.69) is 4.90 Å². The summed E-state index contributed by atoms with van der Waals surface area (Å²) >= 11 is 0. The number of hydrogen-bond acceptors (Lipinski definition) is 5. The molecule has 1 N–H and O–H groups in total. The molecule has 26 heavy (non-hydrogen) atoms. The van der Waals surface area contributed by atoms with Crippen LogP contribution in [0.1, 0.15) is 52.9 Å². The van der Waals surface area contributed by atoms with E-state index >= 15 is 0 Å². The number of carbonyl (C=O) groups excluding carboxylic acids is 1. The number of aliphatic hydroxyl groups is 1. The number of ether oxygens (including phenoxy) is 2. The predicted molar refractivity (Wildman–Crippen MR) is 100.0 cm³/mol. The summed E-state index contributed by atoms with van der Waals surface area (Å²) in [5.74, 6) is 0.0498. The van der Waals surface area contributed by atoms with Crippen LogP contribution in [0.3, 0.4) is 0 Å². The highest BCUT2D eigenvalue weighted by molar-refractivity contribution is 5.84. The smallest absolute Gasteiger partial charge is 0.254 e. The van der Waals surface area contributed by atoms with E-state index in [1.54, 1.807) is 0 Å². The van der Waals surface area contributed by atoms with E-state index in [0.717, 1.165) is 65.0 Å². The van der Waals surface area contributed by atoms with Gasteiger partial charge in [0.1, 0.15) is 5.60 Å². The molecule has 0 unspecified atom stereocenters. The molecule has 0 saturated carbocycles. The summed E-state index contributed by atoms with van der Waals surface area (Å²) in [6.45, 7) is 11.1. The lowest BCUT2D eigenvalue weighted by atomic mass is 9.71. The first-order chi connectivity index (χ1) is 12.4. The Morgan fingerprint density at radius 2 is 1.96 bits per heavy atom. The van der Waals surface area contributed by atoms with Crippen molar-refractivity contribution in [3.8, 4) is 0 Å². The Morgan fingerprint density at radius 3 is 2.65 bits per heavy atom. The maximum absolute atomic E-state index is 13.0. The van der Waals surface area contributed by atoms with Crippen molar-refractivity contribution in [1.29, 1.82) is 0 Å². The fourth-order valence-corrected chi connectivity index (χ4v) is 5.08. The van der Waals surface area contributed by atoms with Gasteiger partial charge in [-0.15, -0.1) is 0 Å². The molecule has 150 valence electrons. The number of nitrogens with zero attached hydrogens (tertiary/aromatic N) is 2. The Bertz CT molecular complexity index is 492. The third kappa shape index (κ3) is 4.08. The zero-order chi connectivity index (χ0) is 18.8. The Kier molecular flexibility index (Phi) is 6.27. The molecule has 1 amide bonds. The number of likely N-dealkylation sites (tertiary alicyclic amines) is 2. The molecule has 2 atom stereocenters. The summed E-state index contributed by atoms with van der Waals surface area (Å²) in [6.07, 6.45) is 4.57. The van der Waals surface area contributed by atoms with Gasteiger partial charge in [-0.25, -0.2) is 0 Å². The Labute approximate surface area is 157 Å². The van der Waals surface area contributed by atoms with Gasteiger partial charge in [-0.3, -0.25) is 9.69 Å². The van der Waals surface area contributed by atoms with Crippen LogP contribution in [0.4, 0.5) is 0 Å². The first-order valence-electron chi connectivity index (χ1n) is 10.3. The maximum atomic E-state index is 13.0. The van der Waals surface area contributed by atoms with Gasteiger partial charge in [0.05, 0.1) is 6.10 Å². The number of carbonyl (C=O) groups is 1. The molecule has 6 heteroatoms. The van der Waals surface area contributed by atoms with E-state index in [9.17, 15) is 9.90 Å². The Balaban J connectivity index is 1.71. The second-order valence-corrected chi connectivity index (χ2v) is 8.75. The largest absolute Gasteiger partial charge is 0.392 e. The Morgan fingerprint density at radius 1 is 1.23 bits per heavy atom. The van der Waals surface area contributed by atoms with E-state index in [1.807, 2.05) is 25.7 Å². The number of piperidine rings is 2. The minimum atomic E-state index is -0.798. The van der Waals surface area contributed by atoms with Crippen LogP contribution in [0.15, 0.2) is 0 Å². The van der Waals surface area contributed by atoms with E-state index in [-0.39, 0.29) is 17.4 Å². The van der Waals surface area contributed by atoms with Crippen LogP contribution in [-0.4, -0.2) is 84.6 Å². The first-order valence-corrected chi connectivity index (χ1v) is 10.3. The van der Waals surface area contributed by atoms with Gasteiger partial charge >= 0.3 is 0 Å². The summed E-state index contributed by atoms with van der Waals surface area (Å²) in [7, 11) is 0.